The van der Waals surface area contributed by atoms with Crippen molar-refractivity contribution in [2.75, 3.05) is 6.61 Å². The Morgan fingerprint density at radius 3 is 2.28 bits per heavy atom. The first kappa shape index (κ1) is 20.2. The highest BCUT2D eigenvalue weighted by Crippen LogP contribution is 2.33. The molecule has 0 amide bonds. The molecule has 1 aromatic carbocycles. The number of aliphatic hydroxyl groups is 1. The minimum absolute atomic E-state index is 0.371. The maximum Gasteiger partial charge on any atom is 0.451 e. The van der Waals surface area contributed by atoms with Crippen LogP contribution < -0.4 is 4.74 Å². The van der Waals surface area contributed by atoms with E-state index < -0.39 is 47.7 Å². The van der Waals surface area contributed by atoms with Crippen LogP contribution in [0.1, 0.15) is 0 Å². The average molecular weight is 387 g/mol. The molecule has 0 spiro atoms. The first-order valence-corrected chi connectivity index (χ1v) is 6.30. The van der Waals surface area contributed by atoms with Gasteiger partial charge in [-0.25, -0.2) is 14.0 Å². The number of ether oxygens (including phenoxy) is 1. The molecule has 0 radical (unpaired) electrons. The first-order chi connectivity index (χ1) is 11.4. The number of aliphatic carboxylic acids is 2. The number of carboxylic acids is 2. The van der Waals surface area contributed by atoms with Gasteiger partial charge in [-0.05, 0) is 6.07 Å². The zero-order chi connectivity index (χ0) is 19.4. The normalized spacial score (nSPS) is 12.8. The second-order valence-electron chi connectivity index (χ2n) is 4.12. The molecule has 0 aliphatic carbocycles. The van der Waals surface area contributed by atoms with Crippen molar-refractivity contribution in [1.82, 2.24) is 0 Å². The number of hydrogen-bond acceptors (Lipinski definition) is 6. The maximum atomic E-state index is 13.7. The SMILES string of the molecule is O=C(O)COc1cc(N=N/C(C(=O)O)=C(\O)C(F)(F)F)c(F)cc1Cl. The molecule has 0 unspecified atom stereocenters. The van der Waals surface area contributed by atoms with Crippen molar-refractivity contribution in [3.63, 3.8) is 0 Å². The van der Waals surface area contributed by atoms with Gasteiger partial charge in [0.15, 0.2) is 12.4 Å². The molecule has 136 valence electrons. The lowest BCUT2D eigenvalue weighted by Crippen LogP contribution is -2.16. The van der Waals surface area contributed by atoms with Crippen LogP contribution in [0, 0.1) is 5.82 Å². The maximum absolute atomic E-state index is 13.7. The minimum Gasteiger partial charge on any atom is -0.502 e. The highest BCUT2D eigenvalue weighted by Gasteiger charge is 2.39. The Balaban J connectivity index is 3.28. The average Bonchev–Trinajstić information content (AvgIpc) is 2.46. The van der Waals surface area contributed by atoms with Crippen molar-refractivity contribution < 1.29 is 47.2 Å². The summed E-state index contributed by atoms with van der Waals surface area (Å²) in [6.07, 6.45) is -5.42. The molecule has 8 nitrogen and oxygen atoms in total. The summed E-state index contributed by atoms with van der Waals surface area (Å²) in [6.45, 7) is -0.864. The lowest BCUT2D eigenvalue weighted by atomic mass is 10.3. The third-order valence-electron chi connectivity index (χ3n) is 2.31. The van der Waals surface area contributed by atoms with E-state index in [1.807, 2.05) is 0 Å². The number of rotatable bonds is 6. The van der Waals surface area contributed by atoms with Crippen LogP contribution >= 0.6 is 11.6 Å². The van der Waals surface area contributed by atoms with E-state index in [4.69, 9.17) is 31.7 Å². The summed E-state index contributed by atoms with van der Waals surface area (Å²) in [5, 5.41) is 31.2. The van der Waals surface area contributed by atoms with Gasteiger partial charge in [0.2, 0.25) is 11.5 Å². The fraction of sp³-hybridized carbons (Fsp3) is 0.167. The lowest BCUT2D eigenvalue weighted by molar-refractivity contribution is -0.139. The van der Waals surface area contributed by atoms with Crippen LogP contribution in [-0.4, -0.2) is 40.0 Å². The molecule has 0 aliphatic heterocycles. The Morgan fingerprint density at radius 2 is 1.80 bits per heavy atom. The molecule has 0 saturated carbocycles. The van der Waals surface area contributed by atoms with Gasteiger partial charge in [-0.3, -0.25) is 0 Å². The molecule has 1 rings (SSSR count). The van der Waals surface area contributed by atoms with Crippen molar-refractivity contribution >= 4 is 29.2 Å². The summed E-state index contributed by atoms with van der Waals surface area (Å²) in [4.78, 5) is 21.1. The molecule has 25 heavy (non-hydrogen) atoms. The smallest absolute Gasteiger partial charge is 0.451 e. The number of halogens is 5. The van der Waals surface area contributed by atoms with Crippen LogP contribution in [0.5, 0.6) is 5.75 Å². The Morgan fingerprint density at radius 1 is 1.20 bits per heavy atom. The molecule has 0 aliphatic rings. The van der Waals surface area contributed by atoms with Crippen LogP contribution in [-0.2, 0) is 9.59 Å². The van der Waals surface area contributed by atoms with Gasteiger partial charge < -0.3 is 20.1 Å². The van der Waals surface area contributed by atoms with E-state index in [0.717, 1.165) is 0 Å². The van der Waals surface area contributed by atoms with Gasteiger partial charge in [0.05, 0.1) is 5.02 Å². The zero-order valence-corrected chi connectivity index (χ0v) is 12.5. The number of nitrogens with zero attached hydrogens (tertiary/aromatic N) is 2. The van der Waals surface area contributed by atoms with Crippen molar-refractivity contribution in [2.45, 2.75) is 6.18 Å². The molecule has 0 atom stereocenters. The Labute approximate surface area is 140 Å². The number of carboxylic acid groups (broad SMARTS) is 2. The van der Waals surface area contributed by atoms with E-state index in [2.05, 4.69) is 10.2 Å². The van der Waals surface area contributed by atoms with E-state index >= 15 is 0 Å². The van der Waals surface area contributed by atoms with Crippen molar-refractivity contribution in [3.05, 3.63) is 34.4 Å². The van der Waals surface area contributed by atoms with Crippen molar-refractivity contribution in [1.29, 1.82) is 0 Å². The number of benzene rings is 1. The highest BCUT2D eigenvalue weighted by molar-refractivity contribution is 6.32. The molecular formula is C12H7ClF4N2O6. The summed E-state index contributed by atoms with van der Waals surface area (Å²) in [5.41, 5.74) is -2.69. The first-order valence-electron chi connectivity index (χ1n) is 5.92. The third kappa shape index (κ3) is 5.60. The number of alkyl halides is 3. The van der Waals surface area contributed by atoms with E-state index in [1.54, 1.807) is 0 Å². The quantitative estimate of drug-likeness (QED) is 0.297. The lowest BCUT2D eigenvalue weighted by Gasteiger charge is -2.07. The minimum atomic E-state index is -5.42. The molecule has 0 saturated heterocycles. The van der Waals surface area contributed by atoms with Gasteiger partial charge in [-0.2, -0.15) is 13.2 Å². The molecule has 0 aromatic heterocycles. The second kappa shape index (κ2) is 7.79. The van der Waals surface area contributed by atoms with Gasteiger partial charge in [-0.15, -0.1) is 10.2 Å². The number of carbonyl (C=O) groups is 2. The topological polar surface area (TPSA) is 129 Å². The number of azo groups is 1. The Kier molecular flexibility index (Phi) is 6.28. The fourth-order valence-corrected chi connectivity index (χ4v) is 1.48. The molecule has 13 heteroatoms. The molecular weight excluding hydrogens is 380 g/mol. The largest absolute Gasteiger partial charge is 0.502 e. The third-order valence-corrected chi connectivity index (χ3v) is 2.60. The van der Waals surface area contributed by atoms with Crippen LogP contribution in [0.15, 0.2) is 33.8 Å². The number of allylic oxidation sites excluding steroid dienone is 1. The standard InChI is InChI=1S/C12H7ClF4N2O6/c13-4-1-5(14)6(2-7(4)25-3-8(20)21)18-19-9(11(23)24)10(22)12(15,16)17/h1-2,22H,3H2,(H,20,21)(H,23,24)/b10-9-,19-18?. The Bertz CT molecular complexity index is 763. The molecule has 0 bridgehead atoms. The van der Waals surface area contributed by atoms with Gasteiger partial charge in [0, 0.05) is 6.07 Å². The summed E-state index contributed by atoms with van der Waals surface area (Å²) in [6, 6.07) is 1.29. The van der Waals surface area contributed by atoms with E-state index in [-0.39, 0.29) is 10.8 Å². The molecule has 0 fully saturated rings. The monoisotopic (exact) mass is 386 g/mol. The van der Waals surface area contributed by atoms with E-state index in [1.165, 1.54) is 0 Å². The number of hydrogen-bond donors (Lipinski definition) is 3. The molecule has 1 aromatic rings. The van der Waals surface area contributed by atoms with Crippen LogP contribution in [0.2, 0.25) is 5.02 Å². The van der Waals surface area contributed by atoms with Crippen molar-refractivity contribution in [2.24, 2.45) is 10.2 Å². The summed E-state index contributed by atoms with van der Waals surface area (Å²) >= 11 is 5.59. The van der Waals surface area contributed by atoms with Crippen molar-refractivity contribution in [3.8, 4) is 5.75 Å². The Hall–Kier alpha value is -2.89. The van der Waals surface area contributed by atoms with Gasteiger partial charge in [-0.1, -0.05) is 11.6 Å². The summed E-state index contributed by atoms with van der Waals surface area (Å²) < 4.78 is 55.3. The van der Waals surface area contributed by atoms with Gasteiger partial charge in [0.25, 0.3) is 0 Å². The predicted octanol–water partition coefficient (Wildman–Crippen LogP) is 3.44. The highest BCUT2D eigenvalue weighted by atomic mass is 35.5. The summed E-state index contributed by atoms with van der Waals surface area (Å²) in [7, 11) is 0. The second-order valence-corrected chi connectivity index (χ2v) is 4.52. The predicted molar refractivity (Wildman–Crippen MR) is 72.4 cm³/mol. The van der Waals surface area contributed by atoms with Gasteiger partial charge >= 0.3 is 18.1 Å². The zero-order valence-electron chi connectivity index (χ0n) is 11.7. The summed E-state index contributed by atoms with van der Waals surface area (Å²) in [5.74, 6) is -7.81. The molecule has 0 heterocycles. The molecule has 3 N–H and O–H groups in total. The van der Waals surface area contributed by atoms with Crippen LogP contribution in [0.4, 0.5) is 23.2 Å². The van der Waals surface area contributed by atoms with Gasteiger partial charge in [0.1, 0.15) is 11.4 Å². The van der Waals surface area contributed by atoms with E-state index in [9.17, 15) is 27.2 Å². The van der Waals surface area contributed by atoms with E-state index in [0.29, 0.717) is 12.1 Å². The fourth-order valence-electron chi connectivity index (χ4n) is 1.27. The number of aliphatic hydroxyl groups excluding tert-OH is 1. The van der Waals surface area contributed by atoms with Crippen LogP contribution in [0.3, 0.4) is 0 Å². The van der Waals surface area contributed by atoms with Crippen LogP contribution in [0.25, 0.3) is 0 Å².